The molecule has 0 saturated carbocycles. The maximum absolute atomic E-state index is 12.2. The molecular weight excluding hydrogens is 278 g/mol. The van der Waals surface area contributed by atoms with E-state index in [0.717, 1.165) is 37.2 Å². The number of pyridine rings is 1. The molecule has 2 rings (SSSR count). The lowest BCUT2D eigenvalue weighted by molar-refractivity contribution is 0.0475. The van der Waals surface area contributed by atoms with E-state index in [1.165, 1.54) is 0 Å². The topological polar surface area (TPSA) is 63.2 Å². The number of ether oxygens (including phenoxy) is 1. The Morgan fingerprint density at radius 2 is 2.09 bits per heavy atom. The molecule has 1 unspecified atom stereocenters. The zero-order chi connectivity index (χ0) is 16.2. The normalized spacial score (nSPS) is 17.8. The molecule has 1 aromatic rings. The van der Waals surface area contributed by atoms with Gasteiger partial charge in [-0.25, -0.2) is 4.79 Å². The lowest BCUT2D eigenvalue weighted by Crippen LogP contribution is -2.41. The van der Waals surface area contributed by atoms with Gasteiger partial charge in [-0.05, 0) is 77.2 Å². The van der Waals surface area contributed by atoms with Crippen molar-refractivity contribution in [1.82, 2.24) is 15.6 Å². The first-order valence-electron chi connectivity index (χ1n) is 7.98. The predicted octanol–water partition coefficient (Wildman–Crippen LogP) is 2.96. The van der Waals surface area contributed by atoms with E-state index in [2.05, 4.69) is 15.6 Å². The number of carbonyl (C=O) groups is 1. The molecule has 0 aliphatic carbocycles. The van der Waals surface area contributed by atoms with Gasteiger partial charge >= 0.3 is 6.09 Å². The van der Waals surface area contributed by atoms with Crippen LogP contribution in [0.25, 0.3) is 0 Å². The van der Waals surface area contributed by atoms with Crippen LogP contribution in [0.4, 0.5) is 4.79 Å². The third-order valence-corrected chi connectivity index (χ3v) is 3.78. The van der Waals surface area contributed by atoms with Gasteiger partial charge in [-0.3, -0.25) is 4.98 Å². The molecule has 2 N–H and O–H groups in total. The molecule has 0 radical (unpaired) electrons. The second kappa shape index (κ2) is 7.09. The van der Waals surface area contributed by atoms with Gasteiger partial charge in [0.15, 0.2) is 0 Å². The fraction of sp³-hybridized carbons (Fsp3) is 0.647. The largest absolute Gasteiger partial charge is 0.444 e. The van der Waals surface area contributed by atoms with E-state index >= 15 is 0 Å². The van der Waals surface area contributed by atoms with E-state index in [1.54, 1.807) is 6.20 Å². The van der Waals surface area contributed by atoms with E-state index in [1.807, 2.05) is 39.8 Å². The average molecular weight is 305 g/mol. The number of rotatable bonds is 3. The first kappa shape index (κ1) is 16.7. The molecule has 1 aliphatic rings. The molecule has 1 saturated heterocycles. The summed E-state index contributed by atoms with van der Waals surface area (Å²) in [6.45, 7) is 9.61. The number of aromatic nitrogens is 1. The molecular formula is C17H27N3O2. The zero-order valence-electron chi connectivity index (χ0n) is 14.0. The number of alkyl carbamates (subject to hydrolysis) is 1. The number of hydrogen-bond donors (Lipinski definition) is 2. The second-order valence-corrected chi connectivity index (χ2v) is 6.97. The summed E-state index contributed by atoms with van der Waals surface area (Å²) in [5.74, 6) is 0.378. The highest BCUT2D eigenvalue weighted by atomic mass is 16.6. The molecule has 0 bridgehead atoms. The molecule has 122 valence electrons. The predicted molar refractivity (Wildman–Crippen MR) is 86.7 cm³/mol. The molecule has 5 heteroatoms. The van der Waals surface area contributed by atoms with Crippen molar-refractivity contribution in [2.75, 3.05) is 13.1 Å². The Kier molecular flexibility index (Phi) is 5.40. The van der Waals surface area contributed by atoms with E-state index in [0.29, 0.717) is 5.92 Å². The van der Waals surface area contributed by atoms with Crippen LogP contribution in [0.1, 0.15) is 50.9 Å². The SMILES string of the molecule is Cc1ccnc(C(NC(=O)OC(C)(C)C)C2CCNCC2)c1. The van der Waals surface area contributed by atoms with Crippen LogP contribution in [0.15, 0.2) is 18.3 Å². The van der Waals surface area contributed by atoms with E-state index in [4.69, 9.17) is 4.74 Å². The van der Waals surface area contributed by atoms with Crippen molar-refractivity contribution in [1.29, 1.82) is 0 Å². The highest BCUT2D eigenvalue weighted by Crippen LogP contribution is 2.28. The standard InChI is InChI=1S/C17H27N3O2/c1-12-5-10-19-14(11-12)15(13-6-8-18-9-7-13)20-16(21)22-17(2,3)4/h5,10-11,13,15,18H,6-9H2,1-4H3,(H,20,21). The fourth-order valence-electron chi connectivity index (χ4n) is 2.78. The van der Waals surface area contributed by atoms with Crippen LogP contribution in [0.5, 0.6) is 0 Å². The maximum atomic E-state index is 12.2. The Balaban J connectivity index is 2.16. The van der Waals surface area contributed by atoms with Crippen molar-refractivity contribution >= 4 is 6.09 Å². The average Bonchev–Trinajstić information content (AvgIpc) is 2.44. The highest BCUT2D eigenvalue weighted by molar-refractivity contribution is 5.68. The van der Waals surface area contributed by atoms with Crippen molar-refractivity contribution in [2.45, 2.75) is 52.2 Å². The quantitative estimate of drug-likeness (QED) is 0.901. The van der Waals surface area contributed by atoms with Crippen LogP contribution in [0.3, 0.4) is 0 Å². The Bertz CT molecular complexity index is 505. The molecule has 5 nitrogen and oxygen atoms in total. The summed E-state index contributed by atoms with van der Waals surface area (Å²) in [6.07, 6.45) is 3.47. The van der Waals surface area contributed by atoms with Gasteiger partial charge in [0.05, 0.1) is 11.7 Å². The lowest BCUT2D eigenvalue weighted by Gasteiger charge is -2.32. The molecule has 1 amide bonds. The Hall–Kier alpha value is -1.62. The Labute approximate surface area is 132 Å². The molecule has 1 fully saturated rings. The molecule has 1 atom stereocenters. The molecule has 1 aromatic heterocycles. The van der Waals surface area contributed by atoms with Crippen molar-refractivity contribution in [3.05, 3.63) is 29.6 Å². The number of piperidine rings is 1. The number of nitrogens with zero attached hydrogens (tertiary/aromatic N) is 1. The van der Waals surface area contributed by atoms with Crippen molar-refractivity contribution in [2.24, 2.45) is 5.92 Å². The summed E-state index contributed by atoms with van der Waals surface area (Å²) >= 11 is 0. The van der Waals surface area contributed by atoms with Crippen molar-refractivity contribution in [3.63, 3.8) is 0 Å². The van der Waals surface area contributed by atoms with Crippen LogP contribution in [-0.2, 0) is 4.74 Å². The molecule has 22 heavy (non-hydrogen) atoms. The van der Waals surface area contributed by atoms with Crippen molar-refractivity contribution < 1.29 is 9.53 Å². The van der Waals surface area contributed by atoms with Crippen molar-refractivity contribution in [3.8, 4) is 0 Å². The van der Waals surface area contributed by atoms with Gasteiger partial charge < -0.3 is 15.4 Å². The van der Waals surface area contributed by atoms with E-state index < -0.39 is 5.60 Å². The highest BCUT2D eigenvalue weighted by Gasteiger charge is 2.29. The molecule has 0 spiro atoms. The lowest BCUT2D eigenvalue weighted by atomic mass is 9.88. The van der Waals surface area contributed by atoms with Gasteiger partial charge in [-0.15, -0.1) is 0 Å². The number of aryl methyl sites for hydroxylation is 1. The summed E-state index contributed by atoms with van der Waals surface area (Å²) in [4.78, 5) is 16.7. The monoisotopic (exact) mass is 305 g/mol. The van der Waals surface area contributed by atoms with Gasteiger partial charge in [0.25, 0.3) is 0 Å². The van der Waals surface area contributed by atoms with Gasteiger partial charge in [0.2, 0.25) is 0 Å². The molecule has 0 aromatic carbocycles. The third-order valence-electron chi connectivity index (χ3n) is 3.78. The second-order valence-electron chi connectivity index (χ2n) is 6.97. The minimum absolute atomic E-state index is 0.100. The maximum Gasteiger partial charge on any atom is 0.408 e. The summed E-state index contributed by atoms with van der Waals surface area (Å²) < 4.78 is 5.42. The summed E-state index contributed by atoms with van der Waals surface area (Å²) in [5, 5.41) is 6.39. The summed E-state index contributed by atoms with van der Waals surface area (Å²) in [7, 11) is 0. The van der Waals surface area contributed by atoms with Crippen LogP contribution in [-0.4, -0.2) is 29.8 Å². The van der Waals surface area contributed by atoms with Crippen LogP contribution in [0, 0.1) is 12.8 Å². The van der Waals surface area contributed by atoms with Crippen LogP contribution >= 0.6 is 0 Å². The minimum atomic E-state index is -0.497. The first-order chi connectivity index (χ1) is 10.3. The number of hydrogen-bond acceptors (Lipinski definition) is 4. The Morgan fingerprint density at radius 3 is 2.68 bits per heavy atom. The third kappa shape index (κ3) is 4.98. The fourth-order valence-corrected chi connectivity index (χ4v) is 2.78. The number of carbonyl (C=O) groups excluding carboxylic acids is 1. The Morgan fingerprint density at radius 1 is 1.41 bits per heavy atom. The summed E-state index contributed by atoms with van der Waals surface area (Å²) in [6, 6.07) is 3.91. The molecule has 2 heterocycles. The first-order valence-corrected chi connectivity index (χ1v) is 7.98. The van der Waals surface area contributed by atoms with Gasteiger partial charge in [-0.1, -0.05) is 0 Å². The van der Waals surface area contributed by atoms with Gasteiger partial charge in [0, 0.05) is 6.20 Å². The zero-order valence-corrected chi connectivity index (χ0v) is 14.0. The van der Waals surface area contributed by atoms with Gasteiger partial charge in [0.1, 0.15) is 5.60 Å². The smallest absolute Gasteiger partial charge is 0.408 e. The minimum Gasteiger partial charge on any atom is -0.444 e. The number of nitrogens with one attached hydrogen (secondary N) is 2. The van der Waals surface area contributed by atoms with Crippen LogP contribution in [0.2, 0.25) is 0 Å². The van der Waals surface area contributed by atoms with E-state index in [9.17, 15) is 4.79 Å². The van der Waals surface area contributed by atoms with Crippen LogP contribution < -0.4 is 10.6 Å². The summed E-state index contributed by atoms with van der Waals surface area (Å²) in [5.41, 5.74) is 1.57. The molecule has 1 aliphatic heterocycles. The van der Waals surface area contributed by atoms with E-state index in [-0.39, 0.29) is 12.1 Å². The van der Waals surface area contributed by atoms with Gasteiger partial charge in [-0.2, -0.15) is 0 Å². The number of amides is 1.